The van der Waals surface area contributed by atoms with E-state index in [2.05, 4.69) is 48.9 Å². The van der Waals surface area contributed by atoms with Crippen LogP contribution in [0.15, 0.2) is 11.2 Å². The van der Waals surface area contributed by atoms with E-state index in [0.717, 1.165) is 13.0 Å². The number of ether oxygens (including phenoxy) is 1. The third-order valence-corrected chi connectivity index (χ3v) is 6.17. The maximum atomic E-state index is 5.23. The zero-order valence-corrected chi connectivity index (χ0v) is 13.2. The van der Waals surface area contributed by atoms with E-state index in [-0.39, 0.29) is 0 Å². The standard InChI is InChI=1S/C6H11Br3GeO/c1-2-3-5-11-6-4-10(7,8)9/h4,6H,2-3,5H2,1H3. The van der Waals surface area contributed by atoms with Gasteiger partial charge in [-0.2, -0.15) is 0 Å². The van der Waals surface area contributed by atoms with Gasteiger partial charge in [-0.05, 0) is 0 Å². The van der Waals surface area contributed by atoms with Crippen molar-refractivity contribution in [3.05, 3.63) is 11.2 Å². The molecule has 0 heterocycles. The van der Waals surface area contributed by atoms with E-state index in [1.807, 2.05) is 4.91 Å². The van der Waals surface area contributed by atoms with Crippen LogP contribution in [0.3, 0.4) is 0 Å². The predicted octanol–water partition coefficient (Wildman–Crippen LogP) is 3.98. The zero-order valence-electron chi connectivity index (χ0n) is 6.32. The summed E-state index contributed by atoms with van der Waals surface area (Å²) in [4.78, 5) is 2.02. The molecule has 0 saturated carbocycles. The molecule has 0 aromatic heterocycles. The fourth-order valence-electron chi connectivity index (χ4n) is 0.421. The summed E-state index contributed by atoms with van der Waals surface area (Å²) in [7, 11) is -2.03. The second kappa shape index (κ2) is 6.98. The predicted molar refractivity (Wildman–Crippen MR) is 62.5 cm³/mol. The van der Waals surface area contributed by atoms with E-state index in [0.29, 0.717) is 0 Å². The van der Waals surface area contributed by atoms with Crippen LogP contribution in [0.5, 0.6) is 0 Å². The Morgan fingerprint density at radius 2 is 2.00 bits per heavy atom. The molecule has 0 atom stereocenters. The zero-order chi connectivity index (χ0) is 8.74. The van der Waals surface area contributed by atoms with Gasteiger partial charge in [0, 0.05) is 0 Å². The molecule has 0 aliphatic rings. The number of rotatable bonds is 5. The second-order valence-corrected chi connectivity index (χ2v) is 41.1. The molecule has 11 heavy (non-hydrogen) atoms. The van der Waals surface area contributed by atoms with Crippen molar-refractivity contribution < 1.29 is 4.74 Å². The van der Waals surface area contributed by atoms with Crippen molar-refractivity contribution >= 4 is 49.8 Å². The van der Waals surface area contributed by atoms with Gasteiger partial charge in [-0.1, -0.05) is 0 Å². The van der Waals surface area contributed by atoms with Gasteiger partial charge in [0.25, 0.3) is 0 Å². The molecule has 0 N–H and O–H groups in total. The summed E-state index contributed by atoms with van der Waals surface area (Å²) in [5, 5.41) is 0. The molecule has 0 unspecified atom stereocenters. The fourth-order valence-corrected chi connectivity index (χ4v) is 2.63. The van der Waals surface area contributed by atoms with Crippen LogP contribution in [-0.4, -0.2) is 14.3 Å². The first-order chi connectivity index (χ1) is 5.06. The molecule has 66 valence electrons. The molecule has 0 aromatic rings. The number of halogens is 3. The molecule has 0 aromatic carbocycles. The molecule has 0 spiro atoms. The van der Waals surface area contributed by atoms with E-state index in [1.54, 1.807) is 6.26 Å². The van der Waals surface area contributed by atoms with Crippen molar-refractivity contribution in [3.63, 3.8) is 0 Å². The van der Waals surface area contributed by atoms with Crippen LogP contribution in [0.25, 0.3) is 0 Å². The summed E-state index contributed by atoms with van der Waals surface area (Å²) in [5.41, 5.74) is 0. The summed E-state index contributed by atoms with van der Waals surface area (Å²) in [6.45, 7) is 2.97. The Morgan fingerprint density at radius 1 is 1.36 bits per heavy atom. The van der Waals surface area contributed by atoms with E-state index in [4.69, 9.17) is 4.74 Å². The van der Waals surface area contributed by atoms with E-state index >= 15 is 0 Å². The van der Waals surface area contributed by atoms with Gasteiger partial charge >= 0.3 is 92.0 Å². The second-order valence-electron chi connectivity index (χ2n) is 2.07. The van der Waals surface area contributed by atoms with Crippen molar-refractivity contribution in [2.75, 3.05) is 6.61 Å². The summed E-state index contributed by atoms with van der Waals surface area (Å²) in [5.74, 6) is 0. The molecule has 0 radical (unpaired) electrons. The molecule has 0 rings (SSSR count). The van der Waals surface area contributed by atoms with Crippen LogP contribution in [0.1, 0.15) is 19.8 Å². The van der Waals surface area contributed by atoms with Gasteiger partial charge in [0.1, 0.15) is 0 Å². The van der Waals surface area contributed by atoms with Crippen LogP contribution < -0.4 is 0 Å². The van der Waals surface area contributed by atoms with Gasteiger partial charge in [-0.15, -0.1) is 0 Å². The number of hydrogen-bond acceptors (Lipinski definition) is 1. The third-order valence-electron chi connectivity index (χ3n) is 0.969. The fraction of sp³-hybridized carbons (Fsp3) is 0.667. The topological polar surface area (TPSA) is 9.23 Å². The minimum absolute atomic E-state index is 0.818. The summed E-state index contributed by atoms with van der Waals surface area (Å²) in [6, 6.07) is 0. The number of unbranched alkanes of at least 4 members (excludes halogenated alkanes) is 1. The third kappa shape index (κ3) is 11.5. The molecular formula is C6H11Br3GeO. The molecule has 0 aliphatic carbocycles. The van der Waals surface area contributed by atoms with E-state index in [1.165, 1.54) is 6.42 Å². The Hall–Kier alpha value is 1.52. The molecule has 0 bridgehead atoms. The SMILES string of the molecule is CCCCOC=[CH][Ge]([Br])([Br])[Br]. The van der Waals surface area contributed by atoms with Gasteiger partial charge in [-0.25, -0.2) is 0 Å². The molecule has 0 saturated heterocycles. The first-order valence-electron chi connectivity index (χ1n) is 3.42. The van der Waals surface area contributed by atoms with Gasteiger partial charge in [0.05, 0.1) is 0 Å². The Bertz CT molecular complexity index is 121. The van der Waals surface area contributed by atoms with Crippen LogP contribution in [0.2, 0.25) is 0 Å². The maximum absolute atomic E-state index is 5.23. The summed E-state index contributed by atoms with van der Waals surface area (Å²) < 4.78 is 5.23. The first kappa shape index (κ1) is 12.5. The summed E-state index contributed by atoms with van der Waals surface area (Å²) >= 11 is 10.5. The van der Waals surface area contributed by atoms with Crippen molar-refractivity contribution in [3.8, 4) is 0 Å². The van der Waals surface area contributed by atoms with Gasteiger partial charge in [0.15, 0.2) is 0 Å². The van der Waals surface area contributed by atoms with E-state index < -0.39 is 7.74 Å². The Balaban J connectivity index is 3.30. The van der Waals surface area contributed by atoms with Gasteiger partial charge in [-0.3, -0.25) is 0 Å². The molecule has 5 heteroatoms. The van der Waals surface area contributed by atoms with Crippen LogP contribution >= 0.6 is 42.0 Å². The monoisotopic (exact) mass is 410 g/mol. The molecule has 1 nitrogen and oxygen atoms in total. The molecule has 0 amide bonds. The normalized spacial score (nSPS) is 12.4. The van der Waals surface area contributed by atoms with Crippen LogP contribution in [0, 0.1) is 0 Å². The quantitative estimate of drug-likeness (QED) is 0.378. The molecular weight excluding hydrogens is 400 g/mol. The average molecular weight is 411 g/mol. The summed E-state index contributed by atoms with van der Waals surface area (Å²) in [6.07, 6.45) is 4.06. The number of hydrogen-bond donors (Lipinski definition) is 0. The van der Waals surface area contributed by atoms with Crippen molar-refractivity contribution in [1.29, 1.82) is 0 Å². The van der Waals surface area contributed by atoms with Crippen molar-refractivity contribution in [2.24, 2.45) is 0 Å². The first-order valence-corrected chi connectivity index (χ1v) is 19.4. The minimum atomic E-state index is -2.03. The van der Waals surface area contributed by atoms with Crippen LogP contribution in [-0.2, 0) is 4.74 Å². The van der Waals surface area contributed by atoms with Crippen LogP contribution in [0.4, 0.5) is 0 Å². The van der Waals surface area contributed by atoms with Gasteiger partial charge < -0.3 is 0 Å². The van der Waals surface area contributed by atoms with Crippen molar-refractivity contribution in [2.45, 2.75) is 19.8 Å². The van der Waals surface area contributed by atoms with E-state index in [9.17, 15) is 0 Å². The van der Waals surface area contributed by atoms with Crippen molar-refractivity contribution in [1.82, 2.24) is 0 Å². The average Bonchev–Trinajstić information content (AvgIpc) is 1.85. The molecule has 0 aliphatic heterocycles. The Morgan fingerprint density at radius 3 is 2.45 bits per heavy atom. The van der Waals surface area contributed by atoms with Gasteiger partial charge in [0.2, 0.25) is 0 Å². The Labute approximate surface area is 91.2 Å². The Kier molecular flexibility index (Phi) is 7.94. The molecule has 0 fully saturated rings.